The van der Waals surface area contributed by atoms with Crippen molar-refractivity contribution in [3.05, 3.63) is 103 Å². The summed E-state index contributed by atoms with van der Waals surface area (Å²) in [5.41, 5.74) is -1.70. The Labute approximate surface area is 323 Å². The number of hydrogen-bond donors (Lipinski definition) is 2. The summed E-state index contributed by atoms with van der Waals surface area (Å²) >= 11 is 6.58. The van der Waals surface area contributed by atoms with Gasteiger partial charge in [0.2, 0.25) is 15.9 Å². The van der Waals surface area contributed by atoms with Crippen LogP contribution in [0.3, 0.4) is 0 Å². The summed E-state index contributed by atoms with van der Waals surface area (Å²) in [5, 5.41) is 10.8. The number of fused-ring (bicyclic) bond motifs is 5. The Kier molecular flexibility index (Phi) is 8.95. The van der Waals surface area contributed by atoms with E-state index in [1.54, 1.807) is 19.9 Å². The van der Waals surface area contributed by atoms with Crippen molar-refractivity contribution in [2.24, 2.45) is 13.0 Å². The molecular weight excluding hydrogens is 804 g/mol. The number of nitrogens with zero attached hydrogens (tertiary/aromatic N) is 7. The quantitative estimate of drug-likeness (QED) is 0.159. The normalized spacial score (nSPS) is 17.6. The third-order valence-electron chi connectivity index (χ3n) is 10.1. The van der Waals surface area contributed by atoms with E-state index < -0.39 is 87.7 Å². The molecule has 1 amide bonds. The minimum Gasteiger partial charge on any atom is -0.344 e. The van der Waals surface area contributed by atoms with Gasteiger partial charge in [-0.05, 0) is 67.6 Å². The van der Waals surface area contributed by atoms with E-state index in [-0.39, 0.29) is 61.8 Å². The number of sulfonamides is 1. The molecule has 3 atom stereocenters. The first-order valence-electron chi connectivity index (χ1n) is 17.3. The maximum Gasteiger partial charge on any atom is 0.293 e. The Morgan fingerprint density at radius 3 is 2.42 bits per heavy atom. The van der Waals surface area contributed by atoms with Crippen molar-refractivity contribution in [1.82, 2.24) is 39.4 Å². The molecule has 0 aliphatic heterocycles. The van der Waals surface area contributed by atoms with Crippen molar-refractivity contribution < 1.29 is 39.6 Å². The zero-order chi connectivity index (χ0) is 41.0. The second-order valence-electron chi connectivity index (χ2n) is 14.3. The summed E-state index contributed by atoms with van der Waals surface area (Å²) < 4.78 is 118. The molecule has 57 heavy (non-hydrogen) atoms. The van der Waals surface area contributed by atoms with Crippen LogP contribution in [0.15, 0.2) is 41.2 Å². The van der Waals surface area contributed by atoms with Gasteiger partial charge in [-0.2, -0.15) is 19.0 Å². The van der Waals surface area contributed by atoms with Crippen LogP contribution in [0.5, 0.6) is 0 Å². The standard InChI is InChI=1S/C36H30ClF6N9O4S/c1-14-7-15(2)44-32-25(14)35(54)52(23-6-5-21(37)27-29(23)50(3)48-33(27)49-57(4,55)56)34(46-32)22(10-16-8-17(38)11-18(39)9-16)45-24(53)13-51-30-26(28(47-51)31(40)41)19-12-20(19)36(30,42)43/h5-9,11,19-20,22,31H,10,12-13H2,1-4H3,(H,45,53)(H,48,49)/t19-,20+,22-/m0/s1. The molecule has 2 aromatic carbocycles. The topological polar surface area (TPSA) is 159 Å². The van der Waals surface area contributed by atoms with Crippen LogP contribution in [0.25, 0.3) is 27.6 Å². The van der Waals surface area contributed by atoms with Crippen molar-refractivity contribution in [2.45, 2.75) is 57.5 Å². The number of hydrogen-bond acceptors (Lipinski definition) is 8. The largest absolute Gasteiger partial charge is 0.344 e. The maximum absolute atomic E-state index is 15.4. The number of aromatic nitrogens is 7. The average Bonchev–Trinajstić information content (AvgIpc) is 3.63. The predicted molar refractivity (Wildman–Crippen MR) is 195 cm³/mol. The van der Waals surface area contributed by atoms with Gasteiger partial charge in [0.05, 0.1) is 39.3 Å². The van der Waals surface area contributed by atoms with E-state index in [4.69, 9.17) is 16.6 Å². The molecule has 4 heterocycles. The number of aryl methyl sites for hydroxylation is 3. The molecule has 2 aliphatic rings. The lowest BCUT2D eigenvalue weighted by Crippen LogP contribution is -2.38. The van der Waals surface area contributed by atoms with E-state index in [0.717, 1.165) is 23.0 Å². The van der Waals surface area contributed by atoms with Crippen LogP contribution in [0.4, 0.5) is 32.2 Å². The van der Waals surface area contributed by atoms with E-state index in [9.17, 15) is 35.6 Å². The number of amides is 1. The highest BCUT2D eigenvalue weighted by atomic mass is 35.5. The molecule has 1 saturated carbocycles. The van der Waals surface area contributed by atoms with Crippen LogP contribution in [-0.2, 0) is 40.8 Å². The summed E-state index contributed by atoms with van der Waals surface area (Å²) in [6.45, 7) is 2.32. The summed E-state index contributed by atoms with van der Waals surface area (Å²) in [4.78, 5) is 37.9. The van der Waals surface area contributed by atoms with Crippen LogP contribution < -0.4 is 15.6 Å². The van der Waals surface area contributed by atoms with Gasteiger partial charge in [-0.25, -0.2) is 35.9 Å². The fraction of sp³-hybridized carbons (Fsp3) is 0.333. The highest BCUT2D eigenvalue weighted by Gasteiger charge is 2.67. The second-order valence-corrected chi connectivity index (χ2v) is 16.5. The molecule has 0 bridgehead atoms. The van der Waals surface area contributed by atoms with Crippen molar-refractivity contribution in [1.29, 1.82) is 0 Å². The highest BCUT2D eigenvalue weighted by Crippen LogP contribution is 2.68. The first-order chi connectivity index (χ1) is 26.7. The van der Waals surface area contributed by atoms with Crippen LogP contribution in [0.1, 0.15) is 64.4 Å². The van der Waals surface area contributed by atoms with Gasteiger partial charge in [0, 0.05) is 36.7 Å². The number of anilines is 1. The van der Waals surface area contributed by atoms with Gasteiger partial charge < -0.3 is 5.32 Å². The monoisotopic (exact) mass is 833 g/mol. The van der Waals surface area contributed by atoms with Gasteiger partial charge >= 0.3 is 0 Å². The molecule has 4 aromatic heterocycles. The third-order valence-corrected chi connectivity index (χ3v) is 11.0. The molecule has 0 radical (unpaired) electrons. The molecule has 0 unspecified atom stereocenters. The van der Waals surface area contributed by atoms with Crippen LogP contribution in [0.2, 0.25) is 5.02 Å². The van der Waals surface area contributed by atoms with Crippen LogP contribution in [0, 0.1) is 31.4 Å². The summed E-state index contributed by atoms with van der Waals surface area (Å²) in [6, 6.07) is 5.49. The Morgan fingerprint density at radius 1 is 1.05 bits per heavy atom. The van der Waals surface area contributed by atoms with Crippen molar-refractivity contribution in [2.75, 3.05) is 11.0 Å². The summed E-state index contributed by atoms with van der Waals surface area (Å²) in [6.07, 6.45) is -2.74. The lowest BCUT2D eigenvalue weighted by Gasteiger charge is -2.24. The van der Waals surface area contributed by atoms with Gasteiger partial charge in [-0.15, -0.1) is 0 Å². The van der Waals surface area contributed by atoms with E-state index in [2.05, 4.69) is 25.2 Å². The molecule has 0 saturated heterocycles. The van der Waals surface area contributed by atoms with E-state index in [1.807, 2.05) is 0 Å². The third kappa shape index (κ3) is 6.57. The van der Waals surface area contributed by atoms with Crippen molar-refractivity contribution >= 4 is 55.3 Å². The fourth-order valence-electron chi connectivity index (χ4n) is 7.91. The Hall–Kier alpha value is -5.50. The first kappa shape index (κ1) is 38.4. The number of pyridine rings is 1. The fourth-order valence-corrected chi connectivity index (χ4v) is 8.65. The van der Waals surface area contributed by atoms with Gasteiger partial charge in [0.1, 0.15) is 35.4 Å². The number of carbonyl (C=O) groups excluding carboxylic acids is 1. The summed E-state index contributed by atoms with van der Waals surface area (Å²) in [5.74, 6) is -8.99. The molecular formula is C36H30ClF6N9O4S. The SMILES string of the molecule is Cc1cc(C)c2c(=O)n(-c3ccc(Cl)c4c(NS(C)(=O)=O)nn(C)c34)c([C@H](Cc3cc(F)cc(F)c3)NC(=O)Cn3nc(C(F)F)c4c3C(F)(F)[C@@H]3C[C@H]43)nc2n1. The zero-order valence-electron chi connectivity index (χ0n) is 30.2. The molecule has 298 valence electrons. The van der Waals surface area contributed by atoms with Gasteiger partial charge in [-0.1, -0.05) is 11.6 Å². The molecule has 2 aliphatic carbocycles. The molecule has 0 spiro atoms. The molecule has 21 heteroatoms. The molecule has 6 aromatic rings. The van der Waals surface area contributed by atoms with E-state index in [0.29, 0.717) is 22.0 Å². The molecule has 8 rings (SSSR count). The molecule has 1 fully saturated rings. The Morgan fingerprint density at radius 2 is 1.75 bits per heavy atom. The Balaban J connectivity index is 1.34. The Bertz CT molecular complexity index is 2860. The lowest BCUT2D eigenvalue weighted by atomic mass is 10.0. The number of nitrogens with one attached hydrogen (secondary N) is 2. The second kappa shape index (κ2) is 13.3. The van der Waals surface area contributed by atoms with E-state index in [1.165, 1.54) is 23.9 Å². The molecule has 13 nitrogen and oxygen atoms in total. The lowest BCUT2D eigenvalue weighted by molar-refractivity contribution is -0.123. The zero-order valence-corrected chi connectivity index (χ0v) is 31.8. The number of halogens is 7. The summed E-state index contributed by atoms with van der Waals surface area (Å²) in [7, 11) is -2.44. The first-order valence-corrected chi connectivity index (χ1v) is 19.6. The maximum atomic E-state index is 15.4. The smallest absolute Gasteiger partial charge is 0.293 e. The van der Waals surface area contributed by atoms with Crippen LogP contribution >= 0.6 is 11.6 Å². The number of carbonyl (C=O) groups is 1. The molecule has 2 N–H and O–H groups in total. The average molecular weight is 834 g/mol. The predicted octanol–water partition coefficient (Wildman–Crippen LogP) is 6.03. The van der Waals surface area contributed by atoms with Gasteiger partial charge in [-0.3, -0.25) is 28.2 Å². The minimum atomic E-state index is -3.89. The van der Waals surface area contributed by atoms with E-state index >= 15 is 8.78 Å². The van der Waals surface area contributed by atoms with Crippen LogP contribution in [-0.4, -0.2) is 54.7 Å². The number of alkyl halides is 4. The minimum absolute atomic E-state index is 0.00245. The van der Waals surface area contributed by atoms with Crippen molar-refractivity contribution in [3.8, 4) is 5.69 Å². The van der Waals surface area contributed by atoms with Crippen molar-refractivity contribution in [3.63, 3.8) is 0 Å². The van der Waals surface area contributed by atoms with Gasteiger partial charge in [0.15, 0.2) is 11.5 Å². The highest BCUT2D eigenvalue weighted by molar-refractivity contribution is 7.92. The number of rotatable bonds is 10. The number of benzene rings is 2. The van der Waals surface area contributed by atoms with Gasteiger partial charge in [0.25, 0.3) is 17.9 Å².